The maximum Gasteiger partial charge on any atom is 0.240 e. The molecule has 2 heterocycles. The first-order chi connectivity index (χ1) is 12.3. The van der Waals surface area contributed by atoms with E-state index in [0.29, 0.717) is 29.7 Å². The van der Waals surface area contributed by atoms with Crippen LogP contribution in [0.25, 0.3) is 16.9 Å². The normalized spacial score (nSPS) is 20.2. The van der Waals surface area contributed by atoms with Crippen molar-refractivity contribution < 1.29 is 13.5 Å². The largest absolute Gasteiger partial charge is 0.393 e. The van der Waals surface area contributed by atoms with Gasteiger partial charge in [0.25, 0.3) is 0 Å². The Hall–Kier alpha value is -2.56. The molecule has 9 nitrogen and oxygen atoms in total. The molecular weight excluding hydrogens is 356 g/mol. The first kappa shape index (κ1) is 16.9. The van der Waals surface area contributed by atoms with E-state index in [-0.39, 0.29) is 16.8 Å². The van der Waals surface area contributed by atoms with Crippen molar-refractivity contribution in [3.63, 3.8) is 0 Å². The fraction of sp³-hybridized carbons (Fsp3) is 0.312. The third-order valence-corrected chi connectivity index (χ3v) is 6.08. The number of nitrogen functional groups attached to an aromatic ring is 1. The number of aryl methyl sites for hydroxylation is 1. The van der Waals surface area contributed by atoms with Gasteiger partial charge in [-0.1, -0.05) is 6.07 Å². The summed E-state index contributed by atoms with van der Waals surface area (Å²) >= 11 is 0. The summed E-state index contributed by atoms with van der Waals surface area (Å²) in [6.45, 7) is 1.88. The predicted octanol–water partition coefficient (Wildman–Crippen LogP) is 0.484. The summed E-state index contributed by atoms with van der Waals surface area (Å²) in [6, 6.07) is 4.66. The lowest BCUT2D eigenvalue weighted by Gasteiger charge is -2.31. The number of sulfonamides is 1. The summed E-state index contributed by atoms with van der Waals surface area (Å²) < 4.78 is 29.4. The van der Waals surface area contributed by atoms with Crippen LogP contribution in [-0.4, -0.2) is 45.3 Å². The van der Waals surface area contributed by atoms with Gasteiger partial charge in [-0.05, 0) is 37.5 Å². The van der Waals surface area contributed by atoms with E-state index < -0.39 is 16.1 Å². The summed E-state index contributed by atoms with van der Waals surface area (Å²) in [5.74, 6) is 0.248. The van der Waals surface area contributed by atoms with Gasteiger partial charge in [0.1, 0.15) is 6.33 Å². The molecule has 1 saturated carbocycles. The Labute approximate surface area is 149 Å². The number of aromatic nitrogens is 4. The molecule has 26 heavy (non-hydrogen) atoms. The second-order valence-electron chi connectivity index (χ2n) is 6.44. The number of aliphatic hydroxyl groups excluding tert-OH is 1. The van der Waals surface area contributed by atoms with Gasteiger partial charge >= 0.3 is 0 Å². The number of fused-ring (bicyclic) bond motifs is 1. The Kier molecular flexibility index (Phi) is 3.90. The van der Waals surface area contributed by atoms with E-state index in [1.807, 2.05) is 6.92 Å². The van der Waals surface area contributed by atoms with Crippen molar-refractivity contribution in [1.29, 1.82) is 0 Å². The molecule has 10 heteroatoms. The number of rotatable bonds is 4. The summed E-state index contributed by atoms with van der Waals surface area (Å²) in [4.78, 5) is 8.28. The molecule has 1 aromatic carbocycles. The Morgan fingerprint density at radius 2 is 2.08 bits per heavy atom. The molecule has 1 aliphatic carbocycles. The molecule has 1 fully saturated rings. The lowest BCUT2D eigenvalue weighted by molar-refractivity contribution is 0.0712. The zero-order valence-electron chi connectivity index (χ0n) is 14.0. The minimum atomic E-state index is -3.68. The Morgan fingerprint density at radius 1 is 1.31 bits per heavy atom. The SMILES string of the molecule is Cc1ccc(S(=O)(=O)N[C@H]2C[C@H](O)C2)cc1-c1cnc2c(N)ncnn12. The highest BCUT2D eigenvalue weighted by Gasteiger charge is 2.31. The molecule has 0 bridgehead atoms. The maximum absolute atomic E-state index is 12.6. The molecule has 0 atom stereocenters. The number of imidazole rings is 1. The zero-order valence-corrected chi connectivity index (χ0v) is 14.8. The van der Waals surface area contributed by atoms with Gasteiger partial charge in [0.05, 0.1) is 22.9 Å². The van der Waals surface area contributed by atoms with Gasteiger partial charge in [-0.15, -0.1) is 0 Å². The van der Waals surface area contributed by atoms with Crippen LogP contribution in [0.1, 0.15) is 18.4 Å². The topological polar surface area (TPSA) is 136 Å². The van der Waals surface area contributed by atoms with Gasteiger partial charge in [0.2, 0.25) is 10.0 Å². The average Bonchev–Trinajstić information content (AvgIpc) is 2.99. The highest BCUT2D eigenvalue weighted by atomic mass is 32.2. The highest BCUT2D eigenvalue weighted by molar-refractivity contribution is 7.89. The molecule has 2 aromatic heterocycles. The average molecular weight is 374 g/mol. The van der Waals surface area contributed by atoms with Gasteiger partial charge in [0.15, 0.2) is 11.5 Å². The van der Waals surface area contributed by atoms with Crippen molar-refractivity contribution in [2.45, 2.75) is 36.8 Å². The summed E-state index contributed by atoms with van der Waals surface area (Å²) in [5.41, 5.74) is 8.42. The molecule has 0 amide bonds. The lowest BCUT2D eigenvalue weighted by atomic mass is 9.91. The molecule has 4 N–H and O–H groups in total. The number of nitrogens with one attached hydrogen (secondary N) is 1. The Morgan fingerprint density at radius 3 is 2.81 bits per heavy atom. The number of anilines is 1. The molecule has 0 saturated heterocycles. The van der Waals surface area contributed by atoms with Gasteiger partial charge in [0, 0.05) is 11.6 Å². The molecule has 0 radical (unpaired) electrons. The quantitative estimate of drug-likeness (QED) is 0.604. The van der Waals surface area contributed by atoms with Gasteiger partial charge in [-0.25, -0.2) is 27.6 Å². The van der Waals surface area contributed by atoms with E-state index in [1.165, 1.54) is 10.8 Å². The van der Waals surface area contributed by atoms with Crippen LogP contribution in [0.2, 0.25) is 0 Å². The van der Waals surface area contributed by atoms with Crippen LogP contribution in [0, 0.1) is 6.92 Å². The van der Waals surface area contributed by atoms with Crippen LogP contribution >= 0.6 is 0 Å². The first-order valence-electron chi connectivity index (χ1n) is 8.11. The fourth-order valence-electron chi connectivity index (χ4n) is 3.03. The van der Waals surface area contributed by atoms with Crippen LogP contribution < -0.4 is 10.5 Å². The van der Waals surface area contributed by atoms with E-state index >= 15 is 0 Å². The van der Waals surface area contributed by atoms with E-state index in [1.54, 1.807) is 24.4 Å². The van der Waals surface area contributed by atoms with Crippen molar-refractivity contribution in [3.05, 3.63) is 36.3 Å². The van der Waals surface area contributed by atoms with E-state index in [2.05, 4.69) is 19.8 Å². The van der Waals surface area contributed by atoms with E-state index in [0.717, 1.165) is 5.56 Å². The smallest absolute Gasteiger partial charge is 0.240 e. The van der Waals surface area contributed by atoms with Gasteiger partial charge < -0.3 is 10.8 Å². The summed E-state index contributed by atoms with van der Waals surface area (Å²) in [7, 11) is -3.68. The van der Waals surface area contributed by atoms with Crippen molar-refractivity contribution in [1.82, 2.24) is 24.3 Å². The van der Waals surface area contributed by atoms with Crippen molar-refractivity contribution in [2.24, 2.45) is 0 Å². The number of hydrogen-bond acceptors (Lipinski definition) is 7. The number of nitrogens with two attached hydrogens (primary N) is 1. The van der Waals surface area contributed by atoms with Crippen LogP contribution in [-0.2, 0) is 10.0 Å². The molecule has 0 aliphatic heterocycles. The standard InChI is InChI=1S/C16H18N6O3S/c1-9-2-3-12(26(24,25)21-10-4-11(23)5-10)6-13(9)14-7-18-16-15(17)19-8-20-22(14)16/h2-3,6-8,10-11,21,23H,4-5H2,1H3,(H2,17,19,20)/t10-,11-. The van der Waals surface area contributed by atoms with Crippen LogP contribution in [0.5, 0.6) is 0 Å². The second-order valence-corrected chi connectivity index (χ2v) is 8.16. The fourth-order valence-corrected chi connectivity index (χ4v) is 4.32. The van der Waals surface area contributed by atoms with Crippen molar-refractivity contribution in [3.8, 4) is 11.3 Å². The first-order valence-corrected chi connectivity index (χ1v) is 9.59. The molecule has 0 spiro atoms. The van der Waals surface area contributed by atoms with Crippen LogP contribution in [0.4, 0.5) is 5.82 Å². The minimum absolute atomic E-state index is 0.150. The van der Waals surface area contributed by atoms with Crippen molar-refractivity contribution in [2.75, 3.05) is 5.73 Å². The Bertz CT molecular complexity index is 1090. The third kappa shape index (κ3) is 2.81. The van der Waals surface area contributed by atoms with Crippen LogP contribution in [0.3, 0.4) is 0 Å². The number of nitrogens with zero attached hydrogens (tertiary/aromatic N) is 4. The van der Waals surface area contributed by atoms with Gasteiger partial charge in [-0.3, -0.25) is 0 Å². The minimum Gasteiger partial charge on any atom is -0.393 e. The number of benzene rings is 1. The molecule has 3 aromatic rings. The molecular formula is C16H18N6O3S. The Balaban J connectivity index is 1.76. The van der Waals surface area contributed by atoms with E-state index in [9.17, 15) is 13.5 Å². The van der Waals surface area contributed by atoms with Crippen LogP contribution in [0.15, 0.2) is 35.6 Å². The highest BCUT2D eigenvalue weighted by Crippen LogP contribution is 2.28. The molecule has 136 valence electrons. The monoisotopic (exact) mass is 374 g/mol. The van der Waals surface area contributed by atoms with Gasteiger partial charge in [-0.2, -0.15) is 5.10 Å². The zero-order chi connectivity index (χ0) is 18.5. The summed E-state index contributed by atoms with van der Waals surface area (Å²) in [5, 5.41) is 13.5. The lowest BCUT2D eigenvalue weighted by Crippen LogP contribution is -2.46. The number of hydrogen-bond donors (Lipinski definition) is 3. The molecule has 0 unspecified atom stereocenters. The molecule has 4 rings (SSSR count). The van der Waals surface area contributed by atoms with Crippen molar-refractivity contribution >= 4 is 21.5 Å². The van der Waals surface area contributed by atoms with E-state index in [4.69, 9.17) is 5.73 Å². The number of aliphatic hydroxyl groups is 1. The maximum atomic E-state index is 12.6. The summed E-state index contributed by atoms with van der Waals surface area (Å²) in [6.07, 6.45) is 3.35. The third-order valence-electron chi connectivity index (χ3n) is 4.56. The molecule has 1 aliphatic rings. The predicted molar refractivity (Wildman–Crippen MR) is 94.7 cm³/mol. The second kappa shape index (κ2) is 6.01.